The lowest BCUT2D eigenvalue weighted by molar-refractivity contribution is 0.0922. The zero-order chi connectivity index (χ0) is 14.5. The molecule has 19 heavy (non-hydrogen) atoms. The summed E-state index contributed by atoms with van der Waals surface area (Å²) >= 11 is 0. The summed E-state index contributed by atoms with van der Waals surface area (Å²) in [7, 11) is 0. The Hall–Kier alpha value is -1.29. The van der Waals surface area contributed by atoms with E-state index in [-0.39, 0.29) is 24.0 Å². The monoisotopic (exact) mass is 266 g/mol. The first-order chi connectivity index (χ1) is 8.87. The summed E-state index contributed by atoms with van der Waals surface area (Å²) in [5.74, 6) is -0.0317. The van der Waals surface area contributed by atoms with Gasteiger partial charge in [0.05, 0.1) is 0 Å². The third kappa shape index (κ3) is 4.71. The van der Waals surface area contributed by atoms with Crippen molar-refractivity contribution in [3.8, 4) is 0 Å². The molecule has 1 aromatic rings. The van der Waals surface area contributed by atoms with Crippen molar-refractivity contribution in [3.63, 3.8) is 0 Å². The number of nitrogens with one attached hydrogen (secondary N) is 1. The number of aliphatic hydroxyl groups excluding tert-OH is 1. The van der Waals surface area contributed by atoms with Crippen LogP contribution in [0.25, 0.3) is 0 Å². The molecule has 0 atom stereocenters. The number of carbonyl (C=O) groups is 1. The van der Waals surface area contributed by atoms with Gasteiger partial charge in [-0.15, -0.1) is 0 Å². The van der Waals surface area contributed by atoms with Crippen LogP contribution in [0.1, 0.15) is 57.1 Å². The van der Waals surface area contributed by atoms with Gasteiger partial charge in [0.1, 0.15) is 5.69 Å². The minimum Gasteiger partial charge on any atom is -0.396 e. The zero-order valence-corrected chi connectivity index (χ0v) is 12.4. The van der Waals surface area contributed by atoms with E-state index in [1.54, 1.807) is 0 Å². The van der Waals surface area contributed by atoms with Crippen LogP contribution in [0.15, 0.2) is 18.3 Å². The maximum Gasteiger partial charge on any atom is 0.267 e. The number of amides is 1. The van der Waals surface area contributed by atoms with Crippen molar-refractivity contribution in [3.05, 3.63) is 24.0 Å². The lowest BCUT2D eigenvalue weighted by Gasteiger charge is -2.25. The fourth-order valence-corrected chi connectivity index (χ4v) is 2.09. The van der Waals surface area contributed by atoms with E-state index in [9.17, 15) is 4.79 Å². The number of hydrogen-bond acceptors (Lipinski definition) is 2. The van der Waals surface area contributed by atoms with Crippen molar-refractivity contribution in [2.75, 3.05) is 13.2 Å². The largest absolute Gasteiger partial charge is 0.396 e. The van der Waals surface area contributed by atoms with Crippen molar-refractivity contribution >= 4 is 5.91 Å². The summed E-state index contributed by atoms with van der Waals surface area (Å²) < 4.78 is 1.97. The quantitative estimate of drug-likeness (QED) is 0.797. The van der Waals surface area contributed by atoms with E-state index < -0.39 is 0 Å². The fourth-order valence-electron chi connectivity index (χ4n) is 2.09. The average Bonchev–Trinajstić information content (AvgIpc) is 2.83. The molecular weight excluding hydrogens is 240 g/mol. The molecule has 0 saturated carbocycles. The van der Waals surface area contributed by atoms with Gasteiger partial charge in [-0.05, 0) is 44.2 Å². The normalized spacial score (nSPS) is 11.9. The SMILES string of the molecule is CC(C)n1cccc1C(=O)NCC(C)(C)CCCO. The predicted molar refractivity (Wildman–Crippen MR) is 77.3 cm³/mol. The van der Waals surface area contributed by atoms with Gasteiger partial charge < -0.3 is 15.0 Å². The van der Waals surface area contributed by atoms with Crippen LogP contribution >= 0.6 is 0 Å². The van der Waals surface area contributed by atoms with E-state index in [1.807, 2.05) is 22.9 Å². The number of hydrogen-bond donors (Lipinski definition) is 2. The number of rotatable bonds is 7. The van der Waals surface area contributed by atoms with E-state index in [0.717, 1.165) is 12.8 Å². The molecule has 0 fully saturated rings. The average molecular weight is 266 g/mol. The molecule has 0 unspecified atom stereocenters. The van der Waals surface area contributed by atoms with Crippen molar-refractivity contribution in [1.29, 1.82) is 0 Å². The van der Waals surface area contributed by atoms with Crippen molar-refractivity contribution < 1.29 is 9.90 Å². The van der Waals surface area contributed by atoms with E-state index in [1.165, 1.54) is 0 Å². The van der Waals surface area contributed by atoms with Crippen LogP contribution in [0, 0.1) is 5.41 Å². The Bertz CT molecular complexity index is 408. The topological polar surface area (TPSA) is 54.3 Å². The van der Waals surface area contributed by atoms with Crippen LogP contribution in [0.4, 0.5) is 0 Å². The smallest absolute Gasteiger partial charge is 0.267 e. The van der Waals surface area contributed by atoms with E-state index >= 15 is 0 Å². The molecule has 4 heteroatoms. The van der Waals surface area contributed by atoms with Crippen LogP contribution in [0.3, 0.4) is 0 Å². The third-order valence-electron chi connectivity index (χ3n) is 3.31. The molecule has 0 aliphatic carbocycles. The molecule has 0 spiro atoms. The summed E-state index contributed by atoms with van der Waals surface area (Å²) in [5, 5.41) is 11.9. The van der Waals surface area contributed by atoms with Crippen LogP contribution in [0.2, 0.25) is 0 Å². The highest BCUT2D eigenvalue weighted by atomic mass is 16.2. The predicted octanol–water partition coefficient (Wildman–Crippen LogP) is 2.60. The number of nitrogens with zero attached hydrogens (tertiary/aromatic N) is 1. The molecule has 108 valence electrons. The second-order valence-electron chi connectivity index (χ2n) is 6.07. The maximum absolute atomic E-state index is 12.2. The van der Waals surface area contributed by atoms with Crippen LogP contribution in [-0.2, 0) is 0 Å². The van der Waals surface area contributed by atoms with Gasteiger partial charge in [-0.25, -0.2) is 0 Å². The van der Waals surface area contributed by atoms with Crippen LogP contribution < -0.4 is 5.32 Å². The molecule has 0 saturated heterocycles. The molecule has 1 heterocycles. The minimum absolute atomic E-state index is 0.00758. The zero-order valence-electron chi connectivity index (χ0n) is 12.4. The molecule has 0 aromatic carbocycles. The highest BCUT2D eigenvalue weighted by Gasteiger charge is 2.20. The molecule has 1 aromatic heterocycles. The van der Waals surface area contributed by atoms with Crippen molar-refractivity contribution in [2.24, 2.45) is 5.41 Å². The summed E-state index contributed by atoms with van der Waals surface area (Å²) in [6, 6.07) is 4.01. The molecule has 2 N–H and O–H groups in total. The molecule has 4 nitrogen and oxygen atoms in total. The van der Waals surface area contributed by atoms with Gasteiger partial charge in [0.25, 0.3) is 5.91 Å². The summed E-state index contributed by atoms with van der Waals surface area (Å²) in [6.45, 7) is 9.14. The lowest BCUT2D eigenvalue weighted by atomic mass is 9.88. The maximum atomic E-state index is 12.2. The minimum atomic E-state index is -0.0317. The first-order valence-corrected chi connectivity index (χ1v) is 6.93. The second-order valence-corrected chi connectivity index (χ2v) is 6.07. The van der Waals surface area contributed by atoms with E-state index in [2.05, 4.69) is 33.0 Å². The molecular formula is C15H26N2O2. The first kappa shape index (κ1) is 15.8. The Morgan fingerprint density at radius 1 is 1.47 bits per heavy atom. The van der Waals surface area contributed by atoms with Gasteiger partial charge >= 0.3 is 0 Å². The van der Waals surface area contributed by atoms with Crippen LogP contribution in [0.5, 0.6) is 0 Å². The fraction of sp³-hybridized carbons (Fsp3) is 0.667. The summed E-state index contributed by atoms with van der Waals surface area (Å²) in [5.41, 5.74) is 0.709. The molecule has 1 amide bonds. The number of aliphatic hydroxyl groups is 1. The van der Waals surface area contributed by atoms with Crippen molar-refractivity contribution in [1.82, 2.24) is 9.88 Å². The Morgan fingerprint density at radius 3 is 2.74 bits per heavy atom. The Kier molecular flexibility index (Phi) is 5.60. The van der Waals surface area contributed by atoms with E-state index in [4.69, 9.17) is 5.11 Å². The second kappa shape index (κ2) is 6.75. The molecule has 0 radical (unpaired) electrons. The van der Waals surface area contributed by atoms with Gasteiger partial charge in [0.2, 0.25) is 0 Å². The molecule has 0 aliphatic rings. The number of carbonyl (C=O) groups excluding carboxylic acids is 1. The highest BCUT2D eigenvalue weighted by Crippen LogP contribution is 2.21. The summed E-state index contributed by atoms with van der Waals surface area (Å²) in [6.07, 6.45) is 3.59. The van der Waals surface area contributed by atoms with Gasteiger partial charge in [-0.2, -0.15) is 0 Å². The van der Waals surface area contributed by atoms with E-state index in [0.29, 0.717) is 12.2 Å². The van der Waals surface area contributed by atoms with Gasteiger partial charge in [0.15, 0.2) is 0 Å². The molecule has 0 aliphatic heterocycles. The van der Waals surface area contributed by atoms with Gasteiger partial charge in [-0.1, -0.05) is 13.8 Å². The Morgan fingerprint density at radius 2 is 2.16 bits per heavy atom. The van der Waals surface area contributed by atoms with Crippen molar-refractivity contribution in [2.45, 2.75) is 46.6 Å². The Labute approximate surface area is 115 Å². The molecule has 1 rings (SSSR count). The highest BCUT2D eigenvalue weighted by molar-refractivity contribution is 5.92. The lowest BCUT2D eigenvalue weighted by Crippen LogP contribution is -2.35. The Balaban J connectivity index is 2.58. The first-order valence-electron chi connectivity index (χ1n) is 6.93. The van der Waals surface area contributed by atoms with Crippen LogP contribution in [-0.4, -0.2) is 28.7 Å². The number of aromatic nitrogens is 1. The van der Waals surface area contributed by atoms with Gasteiger partial charge in [0, 0.05) is 25.4 Å². The summed E-state index contributed by atoms with van der Waals surface area (Å²) in [4.78, 5) is 12.2. The molecule has 0 bridgehead atoms. The third-order valence-corrected chi connectivity index (χ3v) is 3.31. The van der Waals surface area contributed by atoms with Gasteiger partial charge in [-0.3, -0.25) is 4.79 Å². The standard InChI is InChI=1S/C15H26N2O2/c1-12(2)17-9-5-7-13(17)14(19)16-11-15(3,4)8-6-10-18/h5,7,9,12,18H,6,8,10-11H2,1-4H3,(H,16,19).